The molecule has 1 aliphatic heterocycles. The first-order valence-electron chi connectivity index (χ1n) is 8.55. The second-order valence-electron chi connectivity index (χ2n) is 6.45. The van der Waals surface area contributed by atoms with Crippen molar-refractivity contribution in [1.82, 2.24) is 4.31 Å². The molecule has 8 heteroatoms. The highest BCUT2D eigenvalue weighted by atomic mass is 35.5. The van der Waals surface area contributed by atoms with Crippen molar-refractivity contribution in [3.8, 4) is 11.1 Å². The van der Waals surface area contributed by atoms with E-state index in [1.165, 1.54) is 18.4 Å². The highest BCUT2D eigenvalue weighted by molar-refractivity contribution is 7.89. The lowest BCUT2D eigenvalue weighted by molar-refractivity contribution is -0.142. The molecule has 4 rings (SSSR count). The highest BCUT2D eigenvalue weighted by Gasteiger charge is 2.42. The molecule has 6 nitrogen and oxygen atoms in total. The molecular formula is C20H16ClNO5S. The Labute approximate surface area is 167 Å². The Bertz CT molecular complexity index is 1120. The normalized spacial score (nSPS) is 17.2. The Balaban J connectivity index is 1.68. The summed E-state index contributed by atoms with van der Waals surface area (Å²) in [5.74, 6) is -1.10. The third-order valence-corrected chi connectivity index (χ3v) is 6.92. The summed E-state index contributed by atoms with van der Waals surface area (Å²) < 4.78 is 32.5. The largest absolute Gasteiger partial charge is 0.480 e. The van der Waals surface area contributed by atoms with Crippen LogP contribution in [0.4, 0.5) is 0 Å². The van der Waals surface area contributed by atoms with Crippen LogP contribution in [0.25, 0.3) is 11.1 Å². The maximum atomic E-state index is 13.1. The second-order valence-corrected chi connectivity index (χ2v) is 8.77. The number of fused-ring (bicyclic) bond motifs is 1. The van der Waals surface area contributed by atoms with Gasteiger partial charge in [0.1, 0.15) is 5.76 Å². The smallest absolute Gasteiger partial charge is 0.329 e. The molecule has 3 aromatic rings. The number of benzene rings is 2. The van der Waals surface area contributed by atoms with Gasteiger partial charge in [-0.1, -0.05) is 35.9 Å². The summed E-state index contributed by atoms with van der Waals surface area (Å²) in [5, 5.41) is 10.2. The monoisotopic (exact) mass is 417 g/mol. The average molecular weight is 418 g/mol. The highest BCUT2D eigenvalue weighted by Crippen LogP contribution is 2.35. The minimum Gasteiger partial charge on any atom is -0.480 e. The van der Waals surface area contributed by atoms with Crippen LogP contribution in [0.3, 0.4) is 0 Å². The number of sulfonamides is 1. The predicted octanol–water partition coefficient (Wildman–Crippen LogP) is 3.97. The van der Waals surface area contributed by atoms with Gasteiger partial charge in [-0.3, -0.25) is 0 Å². The SMILES string of the molecule is O=C(O)C1c2occc2CCN1S(=O)(=O)c1ccc(-c2ccc(Cl)cc2)cc1. The lowest BCUT2D eigenvalue weighted by atomic mass is 10.0. The van der Waals surface area contributed by atoms with Gasteiger partial charge in [0.25, 0.3) is 0 Å². The van der Waals surface area contributed by atoms with Gasteiger partial charge < -0.3 is 9.52 Å². The number of halogens is 1. The number of nitrogens with zero attached hydrogens (tertiary/aromatic N) is 1. The molecule has 0 radical (unpaired) electrons. The van der Waals surface area contributed by atoms with Gasteiger partial charge in [0.15, 0.2) is 6.04 Å². The Morgan fingerprint density at radius 3 is 2.25 bits per heavy atom. The van der Waals surface area contributed by atoms with Crippen LogP contribution in [0.5, 0.6) is 0 Å². The first-order chi connectivity index (χ1) is 13.4. The van der Waals surface area contributed by atoms with E-state index in [2.05, 4.69) is 0 Å². The standard InChI is InChI=1S/C20H16ClNO5S/c21-16-5-1-13(2-6-16)14-3-7-17(8-4-14)28(25,26)22-11-9-15-10-12-27-19(15)18(22)20(23)24/h1-8,10,12,18H,9,11H2,(H,23,24). The van der Waals surface area contributed by atoms with E-state index >= 15 is 0 Å². The van der Waals surface area contributed by atoms with Gasteiger partial charge in [-0.2, -0.15) is 4.31 Å². The zero-order valence-corrected chi connectivity index (χ0v) is 16.2. The number of carboxylic acid groups (broad SMARTS) is 1. The molecule has 0 fully saturated rings. The van der Waals surface area contributed by atoms with E-state index in [-0.39, 0.29) is 17.2 Å². The van der Waals surface area contributed by atoms with Crippen molar-refractivity contribution in [2.75, 3.05) is 6.54 Å². The fourth-order valence-electron chi connectivity index (χ4n) is 3.38. The lowest BCUT2D eigenvalue weighted by Gasteiger charge is -2.31. The van der Waals surface area contributed by atoms with Crippen molar-refractivity contribution in [2.24, 2.45) is 0 Å². The van der Waals surface area contributed by atoms with Gasteiger partial charge in [-0.05, 0) is 53.4 Å². The number of carbonyl (C=O) groups is 1. The maximum Gasteiger partial charge on any atom is 0.329 e. The molecule has 1 unspecified atom stereocenters. The van der Waals surface area contributed by atoms with Gasteiger partial charge in [0, 0.05) is 11.6 Å². The molecule has 1 N–H and O–H groups in total. The molecule has 28 heavy (non-hydrogen) atoms. The van der Waals surface area contributed by atoms with Crippen LogP contribution in [0.2, 0.25) is 5.02 Å². The zero-order chi connectivity index (χ0) is 19.9. The van der Waals surface area contributed by atoms with Crippen LogP contribution in [0.15, 0.2) is 70.2 Å². The number of furan rings is 1. The molecule has 0 aliphatic carbocycles. The molecule has 144 valence electrons. The summed E-state index contributed by atoms with van der Waals surface area (Å²) in [6, 6.07) is 13.8. The number of aliphatic carboxylic acids is 1. The molecule has 2 aromatic carbocycles. The molecule has 0 saturated heterocycles. The van der Waals surface area contributed by atoms with Gasteiger partial charge in [0.05, 0.1) is 11.2 Å². The van der Waals surface area contributed by atoms with Crippen molar-refractivity contribution in [3.05, 3.63) is 77.2 Å². The molecule has 1 aliphatic rings. The van der Waals surface area contributed by atoms with Crippen LogP contribution in [-0.4, -0.2) is 30.3 Å². The molecule has 0 amide bonds. The lowest BCUT2D eigenvalue weighted by Crippen LogP contribution is -2.43. The van der Waals surface area contributed by atoms with Crippen LogP contribution < -0.4 is 0 Å². The molecule has 1 aromatic heterocycles. The van der Waals surface area contributed by atoms with Crippen LogP contribution >= 0.6 is 11.6 Å². The third kappa shape index (κ3) is 3.22. The van der Waals surface area contributed by atoms with Gasteiger partial charge >= 0.3 is 5.97 Å². The summed E-state index contributed by atoms with van der Waals surface area (Å²) in [5.41, 5.74) is 2.45. The van der Waals surface area contributed by atoms with Crippen molar-refractivity contribution in [3.63, 3.8) is 0 Å². The Morgan fingerprint density at radius 2 is 1.64 bits per heavy atom. The summed E-state index contributed by atoms with van der Waals surface area (Å²) in [6.07, 6.45) is 1.79. The van der Waals surface area contributed by atoms with E-state index in [0.29, 0.717) is 11.4 Å². The number of rotatable bonds is 4. The molecular weight excluding hydrogens is 402 g/mol. The Hall–Kier alpha value is -2.61. The first-order valence-corrected chi connectivity index (χ1v) is 10.4. The van der Waals surface area contributed by atoms with E-state index < -0.39 is 22.0 Å². The fraction of sp³-hybridized carbons (Fsp3) is 0.150. The quantitative estimate of drug-likeness (QED) is 0.693. The number of hydrogen-bond acceptors (Lipinski definition) is 4. The van der Waals surface area contributed by atoms with Gasteiger partial charge in [-0.15, -0.1) is 0 Å². The summed E-state index contributed by atoms with van der Waals surface area (Å²) >= 11 is 5.90. The Kier molecular flexibility index (Phi) is 4.74. The Morgan fingerprint density at radius 1 is 1.04 bits per heavy atom. The summed E-state index contributed by atoms with van der Waals surface area (Å²) in [6.45, 7) is 0.0742. The minimum atomic E-state index is -4.01. The van der Waals surface area contributed by atoms with Crippen LogP contribution in [0.1, 0.15) is 17.4 Å². The van der Waals surface area contributed by atoms with E-state index in [1.807, 2.05) is 12.1 Å². The summed E-state index contributed by atoms with van der Waals surface area (Å²) in [4.78, 5) is 11.8. The minimum absolute atomic E-state index is 0.0338. The van der Waals surface area contributed by atoms with Crippen molar-refractivity contribution in [1.29, 1.82) is 0 Å². The van der Waals surface area contributed by atoms with Gasteiger partial charge in [-0.25, -0.2) is 13.2 Å². The van der Waals surface area contributed by atoms with Crippen LogP contribution in [-0.2, 0) is 21.2 Å². The number of carboxylic acids is 1. The van der Waals surface area contributed by atoms with E-state index in [4.69, 9.17) is 16.0 Å². The molecule has 1 atom stereocenters. The molecule has 0 saturated carbocycles. The number of hydrogen-bond donors (Lipinski definition) is 1. The summed E-state index contributed by atoms with van der Waals surface area (Å²) in [7, 11) is -4.01. The fourth-order valence-corrected chi connectivity index (χ4v) is 5.05. The predicted molar refractivity (Wildman–Crippen MR) is 104 cm³/mol. The zero-order valence-electron chi connectivity index (χ0n) is 14.6. The van der Waals surface area contributed by atoms with Crippen molar-refractivity contribution >= 4 is 27.6 Å². The molecule has 0 bridgehead atoms. The van der Waals surface area contributed by atoms with Crippen LogP contribution in [0, 0.1) is 0 Å². The van der Waals surface area contributed by atoms with Crippen molar-refractivity contribution < 1.29 is 22.7 Å². The topological polar surface area (TPSA) is 87.8 Å². The van der Waals surface area contributed by atoms with E-state index in [0.717, 1.165) is 21.0 Å². The third-order valence-electron chi connectivity index (χ3n) is 4.79. The molecule has 2 heterocycles. The van der Waals surface area contributed by atoms with Crippen molar-refractivity contribution in [2.45, 2.75) is 17.4 Å². The van der Waals surface area contributed by atoms with E-state index in [1.54, 1.807) is 30.3 Å². The van der Waals surface area contributed by atoms with Gasteiger partial charge in [0.2, 0.25) is 10.0 Å². The second kappa shape index (κ2) is 7.09. The maximum absolute atomic E-state index is 13.1. The van der Waals surface area contributed by atoms with E-state index in [9.17, 15) is 18.3 Å². The molecule has 0 spiro atoms. The first kappa shape index (κ1) is 18.7. The average Bonchev–Trinajstić information content (AvgIpc) is 3.16.